The molecule has 23 heavy (non-hydrogen) atoms. The topological polar surface area (TPSA) is 70.1 Å². The average molecular weight is 322 g/mol. The van der Waals surface area contributed by atoms with Crippen molar-refractivity contribution in [3.05, 3.63) is 0 Å². The molecule has 4 nitrogen and oxygen atoms in total. The minimum Gasteiger partial charge on any atom is -0.327 e. The van der Waals surface area contributed by atoms with Gasteiger partial charge in [0.25, 0.3) is 0 Å². The van der Waals surface area contributed by atoms with Crippen LogP contribution in [0.3, 0.4) is 0 Å². The lowest BCUT2D eigenvalue weighted by atomic mass is 9.93. The smallest absolute Gasteiger partial charge is 0.225 e. The molecule has 4 heteroatoms. The monoisotopic (exact) mass is 321 g/mol. The number of hydrogen-bond donors (Lipinski definition) is 1. The molecule has 1 fully saturated rings. The number of hydrogen-bond acceptors (Lipinski definition) is 3. The van der Waals surface area contributed by atoms with Gasteiger partial charge in [0, 0.05) is 19.0 Å². The Morgan fingerprint density at radius 1 is 1.26 bits per heavy atom. The molecule has 1 amide bonds. The fourth-order valence-corrected chi connectivity index (χ4v) is 3.36. The highest BCUT2D eigenvalue weighted by Gasteiger charge is 2.29. The Kier molecular flexibility index (Phi) is 9.94. The minimum absolute atomic E-state index is 0.0629. The Balaban J connectivity index is 2.17. The molecule has 1 aliphatic rings. The van der Waals surface area contributed by atoms with E-state index in [2.05, 4.69) is 19.9 Å². The van der Waals surface area contributed by atoms with Crippen molar-refractivity contribution in [3.63, 3.8) is 0 Å². The molecule has 0 radical (unpaired) electrons. The van der Waals surface area contributed by atoms with Crippen LogP contribution < -0.4 is 5.73 Å². The second kappa shape index (κ2) is 11.5. The first-order chi connectivity index (χ1) is 11.1. The molecule has 3 unspecified atom stereocenters. The number of likely N-dealkylation sites (tertiary alicyclic amines) is 1. The highest BCUT2D eigenvalue weighted by atomic mass is 16.2. The van der Waals surface area contributed by atoms with Crippen molar-refractivity contribution >= 4 is 5.91 Å². The second-order valence-electron chi connectivity index (χ2n) is 7.13. The van der Waals surface area contributed by atoms with Crippen LogP contribution in [0.25, 0.3) is 0 Å². The first-order valence-corrected chi connectivity index (χ1v) is 9.54. The summed E-state index contributed by atoms with van der Waals surface area (Å²) in [6.45, 7) is 5.11. The molecule has 0 aliphatic carbocycles. The van der Waals surface area contributed by atoms with Gasteiger partial charge in [0.15, 0.2) is 0 Å². The van der Waals surface area contributed by atoms with Crippen molar-refractivity contribution in [2.75, 3.05) is 6.54 Å². The number of amides is 1. The van der Waals surface area contributed by atoms with Crippen LogP contribution in [0.5, 0.6) is 0 Å². The molecule has 0 bridgehead atoms. The molecule has 1 aliphatic heterocycles. The molecule has 0 saturated carbocycles. The predicted molar refractivity (Wildman–Crippen MR) is 94.7 cm³/mol. The van der Waals surface area contributed by atoms with Crippen LogP contribution in [0.1, 0.15) is 84.5 Å². The van der Waals surface area contributed by atoms with Gasteiger partial charge in [-0.15, -0.1) is 0 Å². The summed E-state index contributed by atoms with van der Waals surface area (Å²) < 4.78 is 0. The van der Waals surface area contributed by atoms with E-state index in [0.29, 0.717) is 12.3 Å². The molecule has 0 spiro atoms. The van der Waals surface area contributed by atoms with Crippen LogP contribution in [0, 0.1) is 17.2 Å². The van der Waals surface area contributed by atoms with Crippen molar-refractivity contribution in [1.29, 1.82) is 5.26 Å². The van der Waals surface area contributed by atoms with Crippen molar-refractivity contribution in [2.24, 2.45) is 11.7 Å². The number of rotatable bonds is 11. The van der Waals surface area contributed by atoms with Crippen molar-refractivity contribution in [1.82, 2.24) is 4.90 Å². The van der Waals surface area contributed by atoms with Gasteiger partial charge in [-0.2, -0.15) is 5.26 Å². The third kappa shape index (κ3) is 7.35. The normalized spacial score (nSPS) is 20.3. The van der Waals surface area contributed by atoms with Gasteiger partial charge in [0.1, 0.15) is 6.04 Å². The SMILES string of the molecule is CCCCCCCCCC(C)C(N)CC(=O)N1CCCC1C#N. The predicted octanol–water partition coefficient (Wildman–Crippen LogP) is 4.00. The van der Waals surface area contributed by atoms with E-state index in [1.165, 1.54) is 44.9 Å². The zero-order valence-electron chi connectivity index (χ0n) is 15.1. The second-order valence-corrected chi connectivity index (χ2v) is 7.13. The Morgan fingerprint density at radius 2 is 1.91 bits per heavy atom. The van der Waals surface area contributed by atoms with Gasteiger partial charge in [-0.05, 0) is 25.2 Å². The third-order valence-electron chi connectivity index (χ3n) is 5.13. The van der Waals surface area contributed by atoms with E-state index < -0.39 is 0 Å². The molecule has 1 saturated heterocycles. The summed E-state index contributed by atoms with van der Waals surface area (Å²) in [6.07, 6.45) is 12.4. The molecule has 1 heterocycles. The fourth-order valence-electron chi connectivity index (χ4n) is 3.36. The van der Waals surface area contributed by atoms with Crippen molar-refractivity contribution in [3.8, 4) is 6.07 Å². The van der Waals surface area contributed by atoms with Crippen LogP contribution in [0.2, 0.25) is 0 Å². The number of carbonyl (C=O) groups excluding carboxylic acids is 1. The molecule has 3 atom stereocenters. The van der Waals surface area contributed by atoms with Crippen LogP contribution in [0.15, 0.2) is 0 Å². The number of carbonyl (C=O) groups is 1. The van der Waals surface area contributed by atoms with Crippen molar-refractivity contribution in [2.45, 2.75) is 96.6 Å². The Bertz CT molecular complexity index is 377. The van der Waals surface area contributed by atoms with Crippen LogP contribution in [0.4, 0.5) is 0 Å². The first-order valence-electron chi connectivity index (χ1n) is 9.54. The number of unbranched alkanes of at least 4 members (excludes halogenated alkanes) is 6. The summed E-state index contributed by atoms with van der Waals surface area (Å²) in [7, 11) is 0. The average Bonchev–Trinajstić information content (AvgIpc) is 3.02. The van der Waals surface area contributed by atoms with Gasteiger partial charge in [-0.25, -0.2) is 0 Å². The fraction of sp³-hybridized carbons (Fsp3) is 0.895. The molecule has 0 aromatic heterocycles. The van der Waals surface area contributed by atoms with E-state index in [-0.39, 0.29) is 18.0 Å². The Hall–Kier alpha value is -1.08. The van der Waals surface area contributed by atoms with Crippen molar-refractivity contribution < 1.29 is 4.79 Å². The summed E-state index contributed by atoms with van der Waals surface area (Å²) in [5.74, 6) is 0.436. The maximum Gasteiger partial charge on any atom is 0.225 e. The van der Waals surface area contributed by atoms with E-state index in [1.807, 2.05) is 0 Å². The molecule has 0 aromatic carbocycles. The van der Waals surface area contributed by atoms with E-state index in [1.54, 1.807) is 4.90 Å². The Morgan fingerprint density at radius 3 is 2.57 bits per heavy atom. The van der Waals surface area contributed by atoms with Crippen LogP contribution in [-0.2, 0) is 4.79 Å². The molecule has 2 N–H and O–H groups in total. The largest absolute Gasteiger partial charge is 0.327 e. The standard InChI is InChI=1S/C19H35N3O/c1-3-4-5-6-7-8-9-11-16(2)18(21)14-19(23)22-13-10-12-17(22)15-20/h16-18H,3-14,21H2,1-2H3. The summed E-state index contributed by atoms with van der Waals surface area (Å²) in [6, 6.07) is 1.91. The number of nitrogens with zero attached hydrogens (tertiary/aromatic N) is 2. The Labute approximate surface area is 142 Å². The maximum absolute atomic E-state index is 12.3. The number of nitriles is 1. The first kappa shape index (κ1) is 20.0. The lowest BCUT2D eigenvalue weighted by Crippen LogP contribution is -2.40. The summed E-state index contributed by atoms with van der Waals surface area (Å²) in [4.78, 5) is 14.0. The quantitative estimate of drug-likeness (QED) is 0.585. The van der Waals surface area contributed by atoms with Gasteiger partial charge in [-0.3, -0.25) is 4.79 Å². The number of nitrogens with two attached hydrogens (primary N) is 1. The van der Waals surface area contributed by atoms with Gasteiger partial charge in [0.05, 0.1) is 6.07 Å². The minimum atomic E-state index is -0.229. The summed E-state index contributed by atoms with van der Waals surface area (Å²) >= 11 is 0. The zero-order valence-corrected chi connectivity index (χ0v) is 15.1. The van der Waals surface area contributed by atoms with Gasteiger partial charge >= 0.3 is 0 Å². The van der Waals surface area contributed by atoms with E-state index in [4.69, 9.17) is 11.0 Å². The van der Waals surface area contributed by atoms with Gasteiger partial charge < -0.3 is 10.6 Å². The molecular formula is C19H35N3O. The van der Waals surface area contributed by atoms with E-state index in [0.717, 1.165) is 25.8 Å². The lowest BCUT2D eigenvalue weighted by molar-refractivity contribution is -0.131. The van der Waals surface area contributed by atoms with E-state index in [9.17, 15) is 4.79 Å². The summed E-state index contributed by atoms with van der Waals surface area (Å²) in [5, 5.41) is 9.07. The van der Waals surface area contributed by atoms with Gasteiger partial charge in [0.2, 0.25) is 5.91 Å². The highest BCUT2D eigenvalue weighted by molar-refractivity contribution is 5.77. The molecule has 0 aromatic rings. The highest BCUT2D eigenvalue weighted by Crippen LogP contribution is 2.20. The zero-order chi connectivity index (χ0) is 17.1. The summed E-state index contributed by atoms with van der Waals surface area (Å²) in [5.41, 5.74) is 6.22. The van der Waals surface area contributed by atoms with Crippen LogP contribution >= 0.6 is 0 Å². The third-order valence-corrected chi connectivity index (χ3v) is 5.13. The van der Waals surface area contributed by atoms with E-state index >= 15 is 0 Å². The molecule has 132 valence electrons. The molecule has 1 rings (SSSR count). The van der Waals surface area contributed by atoms with Crippen LogP contribution in [-0.4, -0.2) is 29.4 Å². The van der Waals surface area contributed by atoms with Gasteiger partial charge in [-0.1, -0.05) is 58.8 Å². The molecular weight excluding hydrogens is 286 g/mol. The lowest BCUT2D eigenvalue weighted by Gasteiger charge is -2.24. The maximum atomic E-state index is 12.3.